The van der Waals surface area contributed by atoms with E-state index in [0.717, 1.165) is 116 Å². The number of unbranched alkanes of at least 4 members (excludes halogenated alkanes) is 23. The van der Waals surface area contributed by atoms with Crippen molar-refractivity contribution in [2.24, 2.45) is 0 Å². The van der Waals surface area contributed by atoms with Crippen LogP contribution in [0.25, 0.3) is 0 Å². The van der Waals surface area contributed by atoms with E-state index in [2.05, 4.69) is 106 Å². The molecule has 0 radical (unpaired) electrons. The number of esters is 3. The van der Waals surface area contributed by atoms with E-state index >= 15 is 0 Å². The summed E-state index contributed by atoms with van der Waals surface area (Å²) in [5.74, 6) is -0.905. The Morgan fingerprint density at radius 3 is 0.969 bits per heavy atom. The average molecular weight is 905 g/mol. The zero-order valence-corrected chi connectivity index (χ0v) is 42.5. The topological polar surface area (TPSA) is 78.9 Å². The second kappa shape index (κ2) is 53.2. The minimum atomic E-state index is -0.780. The van der Waals surface area contributed by atoms with E-state index in [1.807, 2.05) is 0 Å². The first-order valence-corrected chi connectivity index (χ1v) is 27.1. The molecule has 0 spiro atoms. The molecular weight excluding hydrogens is 805 g/mol. The summed E-state index contributed by atoms with van der Waals surface area (Å²) in [6, 6.07) is 0. The minimum absolute atomic E-state index is 0.0815. The fraction of sp³-hybridized carbons (Fsp3) is 0.712. The van der Waals surface area contributed by atoms with Gasteiger partial charge in [-0.15, -0.1) is 0 Å². The van der Waals surface area contributed by atoms with Gasteiger partial charge in [-0.2, -0.15) is 0 Å². The van der Waals surface area contributed by atoms with Gasteiger partial charge < -0.3 is 14.2 Å². The van der Waals surface area contributed by atoms with Gasteiger partial charge in [0, 0.05) is 19.3 Å². The maximum Gasteiger partial charge on any atom is 0.306 e. The van der Waals surface area contributed by atoms with Crippen molar-refractivity contribution in [3.8, 4) is 0 Å². The Morgan fingerprint density at radius 1 is 0.323 bits per heavy atom. The molecule has 0 aromatic carbocycles. The number of allylic oxidation sites excluding steroid dienone is 14. The smallest absolute Gasteiger partial charge is 0.306 e. The molecule has 0 rings (SSSR count). The van der Waals surface area contributed by atoms with Gasteiger partial charge in [-0.05, 0) is 96.3 Å². The van der Waals surface area contributed by atoms with Crippen LogP contribution in [-0.4, -0.2) is 37.2 Å². The van der Waals surface area contributed by atoms with Crippen LogP contribution in [0.4, 0.5) is 0 Å². The lowest BCUT2D eigenvalue weighted by molar-refractivity contribution is -0.167. The van der Waals surface area contributed by atoms with Crippen molar-refractivity contribution in [3.05, 3.63) is 85.1 Å². The van der Waals surface area contributed by atoms with Gasteiger partial charge in [0.1, 0.15) is 13.2 Å². The Bertz CT molecular complexity index is 1270. The molecule has 0 aliphatic rings. The number of carbonyl (C=O) groups is 3. The van der Waals surface area contributed by atoms with Crippen LogP contribution in [0.1, 0.15) is 252 Å². The lowest BCUT2D eigenvalue weighted by atomic mass is 10.1. The second-order valence-electron chi connectivity index (χ2n) is 17.8. The van der Waals surface area contributed by atoms with Gasteiger partial charge in [0.15, 0.2) is 6.10 Å². The zero-order valence-electron chi connectivity index (χ0n) is 42.5. The molecule has 1 atom stereocenters. The van der Waals surface area contributed by atoms with E-state index in [1.54, 1.807) is 0 Å². The van der Waals surface area contributed by atoms with Gasteiger partial charge in [0.25, 0.3) is 0 Å². The van der Waals surface area contributed by atoms with Crippen molar-refractivity contribution in [1.29, 1.82) is 0 Å². The van der Waals surface area contributed by atoms with Gasteiger partial charge in [0.2, 0.25) is 0 Å². The highest BCUT2D eigenvalue weighted by molar-refractivity contribution is 5.71. The molecule has 0 amide bonds. The molecule has 0 aliphatic heterocycles. The third-order valence-corrected chi connectivity index (χ3v) is 11.4. The van der Waals surface area contributed by atoms with E-state index in [-0.39, 0.29) is 31.1 Å². The molecule has 65 heavy (non-hydrogen) atoms. The second-order valence-corrected chi connectivity index (χ2v) is 17.8. The van der Waals surface area contributed by atoms with Gasteiger partial charge in [-0.3, -0.25) is 14.4 Å². The molecular formula is C59H100O6. The van der Waals surface area contributed by atoms with E-state index < -0.39 is 6.10 Å². The predicted octanol–water partition coefficient (Wildman–Crippen LogP) is 18.0. The van der Waals surface area contributed by atoms with E-state index in [9.17, 15) is 14.4 Å². The average Bonchev–Trinajstić information content (AvgIpc) is 3.30. The molecule has 0 N–H and O–H groups in total. The van der Waals surface area contributed by atoms with Crippen LogP contribution in [0, 0.1) is 0 Å². The number of hydrogen-bond acceptors (Lipinski definition) is 6. The highest BCUT2D eigenvalue weighted by atomic mass is 16.6. The number of rotatable bonds is 48. The van der Waals surface area contributed by atoms with Crippen molar-refractivity contribution in [1.82, 2.24) is 0 Å². The SMILES string of the molecule is CC/C=C\C/C=C\C/C=C\C/C=C\C/C=C\C/C=C\CCCCCCCCCCC(=O)OCC(COC(=O)CCCCCCCCC)OC(=O)CCCCCCC/C=C\CCCCCC. The van der Waals surface area contributed by atoms with Crippen LogP contribution in [-0.2, 0) is 28.6 Å². The summed E-state index contributed by atoms with van der Waals surface area (Å²) in [5, 5.41) is 0. The lowest BCUT2D eigenvalue weighted by Crippen LogP contribution is -2.30. The van der Waals surface area contributed by atoms with Crippen molar-refractivity contribution in [2.45, 2.75) is 258 Å². The quantitative estimate of drug-likeness (QED) is 0.0262. The standard InChI is InChI=1S/C59H100O6/c1-4-7-10-13-16-18-20-22-23-24-25-26-27-28-29-30-31-32-33-34-35-37-38-40-43-46-49-52-58(61)64-55-56(54-63-57(60)51-48-45-42-15-12-9-6-3)65-59(62)53-50-47-44-41-39-36-21-19-17-14-11-8-5-2/h7,10,16,18-19,21-23,25-26,28-29,31-32,56H,4-6,8-9,11-15,17,20,24,27,30,33-55H2,1-3H3/b10-7-,18-16-,21-19-,23-22-,26-25-,29-28-,32-31-. The highest BCUT2D eigenvalue weighted by Crippen LogP contribution is 2.14. The van der Waals surface area contributed by atoms with Gasteiger partial charge >= 0.3 is 17.9 Å². The van der Waals surface area contributed by atoms with Crippen LogP contribution >= 0.6 is 0 Å². The predicted molar refractivity (Wildman–Crippen MR) is 279 cm³/mol. The first kappa shape index (κ1) is 61.6. The Labute approximate surface area is 401 Å². The van der Waals surface area contributed by atoms with Gasteiger partial charge in [0.05, 0.1) is 0 Å². The summed E-state index contributed by atoms with van der Waals surface area (Å²) in [4.78, 5) is 37.8. The zero-order chi connectivity index (χ0) is 47.2. The van der Waals surface area contributed by atoms with E-state index in [1.165, 1.54) is 96.3 Å². The highest BCUT2D eigenvalue weighted by Gasteiger charge is 2.19. The molecule has 0 saturated carbocycles. The Morgan fingerprint density at radius 2 is 0.600 bits per heavy atom. The Kier molecular flexibility index (Phi) is 50.4. The summed E-state index contributed by atoms with van der Waals surface area (Å²) < 4.78 is 16.7. The van der Waals surface area contributed by atoms with E-state index in [4.69, 9.17) is 14.2 Å². The first-order valence-electron chi connectivity index (χ1n) is 27.1. The molecule has 1 unspecified atom stereocenters. The fourth-order valence-electron chi connectivity index (χ4n) is 7.32. The van der Waals surface area contributed by atoms with Gasteiger partial charge in [-0.25, -0.2) is 0 Å². The van der Waals surface area contributed by atoms with Crippen molar-refractivity contribution in [3.63, 3.8) is 0 Å². The third-order valence-electron chi connectivity index (χ3n) is 11.4. The first-order chi connectivity index (χ1) is 32.0. The molecule has 0 fully saturated rings. The normalized spacial score (nSPS) is 12.7. The largest absolute Gasteiger partial charge is 0.462 e. The van der Waals surface area contributed by atoms with Crippen molar-refractivity contribution < 1.29 is 28.6 Å². The molecule has 0 aromatic rings. The van der Waals surface area contributed by atoms with Crippen LogP contribution in [0.2, 0.25) is 0 Å². The summed E-state index contributed by atoms with van der Waals surface area (Å²) in [6.07, 6.45) is 68.8. The molecule has 0 aliphatic carbocycles. The van der Waals surface area contributed by atoms with Crippen LogP contribution in [0.5, 0.6) is 0 Å². The number of ether oxygens (including phenoxy) is 3. The number of carbonyl (C=O) groups excluding carboxylic acids is 3. The monoisotopic (exact) mass is 905 g/mol. The third kappa shape index (κ3) is 51.4. The van der Waals surface area contributed by atoms with Crippen molar-refractivity contribution in [2.75, 3.05) is 13.2 Å². The van der Waals surface area contributed by atoms with Crippen molar-refractivity contribution >= 4 is 17.9 Å². The summed E-state index contributed by atoms with van der Waals surface area (Å²) in [5.41, 5.74) is 0. The van der Waals surface area contributed by atoms with Crippen LogP contribution in [0.3, 0.4) is 0 Å². The Hall–Kier alpha value is -3.41. The molecule has 6 heteroatoms. The molecule has 0 heterocycles. The maximum atomic E-state index is 12.7. The van der Waals surface area contributed by atoms with E-state index in [0.29, 0.717) is 19.3 Å². The van der Waals surface area contributed by atoms with Crippen LogP contribution in [0.15, 0.2) is 85.1 Å². The lowest BCUT2D eigenvalue weighted by Gasteiger charge is -2.18. The molecule has 6 nitrogen and oxygen atoms in total. The molecule has 0 saturated heterocycles. The maximum absolute atomic E-state index is 12.7. The molecule has 0 bridgehead atoms. The number of hydrogen-bond donors (Lipinski definition) is 0. The Balaban J connectivity index is 4.18. The summed E-state index contributed by atoms with van der Waals surface area (Å²) in [6.45, 7) is 6.45. The molecule has 0 aromatic heterocycles. The summed E-state index contributed by atoms with van der Waals surface area (Å²) in [7, 11) is 0. The molecule has 372 valence electrons. The van der Waals surface area contributed by atoms with Gasteiger partial charge in [-0.1, -0.05) is 221 Å². The van der Waals surface area contributed by atoms with Crippen LogP contribution < -0.4 is 0 Å². The minimum Gasteiger partial charge on any atom is -0.462 e. The fourth-order valence-corrected chi connectivity index (χ4v) is 7.32. The summed E-state index contributed by atoms with van der Waals surface area (Å²) >= 11 is 0.